The number of hydrogen-bond acceptors (Lipinski definition) is 8. The second-order valence-electron chi connectivity index (χ2n) is 7.96. The summed E-state index contributed by atoms with van der Waals surface area (Å²) < 4.78 is 46.7. The molecule has 0 saturated heterocycles. The predicted octanol–water partition coefficient (Wildman–Crippen LogP) is 5.12. The van der Waals surface area contributed by atoms with Crippen LogP contribution in [0.5, 0.6) is 5.75 Å². The van der Waals surface area contributed by atoms with Crippen LogP contribution in [-0.2, 0) is 27.5 Å². The summed E-state index contributed by atoms with van der Waals surface area (Å²) in [5.74, 6) is -0.833. The quantitative estimate of drug-likeness (QED) is 0.105. The summed E-state index contributed by atoms with van der Waals surface area (Å²) in [5.41, 5.74) is 0.538. The Morgan fingerprint density at radius 1 is 0.946 bits per heavy atom. The van der Waals surface area contributed by atoms with E-state index in [0.717, 1.165) is 25.7 Å². The Labute approximate surface area is 221 Å². The van der Waals surface area contributed by atoms with Gasteiger partial charge >= 0.3 is 20.9 Å². The summed E-state index contributed by atoms with van der Waals surface area (Å²) >= 11 is 0. The van der Waals surface area contributed by atoms with Gasteiger partial charge < -0.3 is 32.8 Å². The van der Waals surface area contributed by atoms with Crippen LogP contribution in [0.25, 0.3) is 6.08 Å². The molecule has 0 heterocycles. The summed E-state index contributed by atoms with van der Waals surface area (Å²) in [6.45, 7) is 8.48. The van der Waals surface area contributed by atoms with Crippen molar-refractivity contribution in [1.29, 1.82) is 0 Å². The van der Waals surface area contributed by atoms with Crippen LogP contribution in [0.3, 0.4) is 0 Å². The molecule has 0 aliphatic rings. The number of amides is 1. The third-order valence-electron chi connectivity index (χ3n) is 5.12. The van der Waals surface area contributed by atoms with Crippen molar-refractivity contribution in [3.8, 4) is 5.75 Å². The number of ether oxygens (including phenoxy) is 3. The van der Waals surface area contributed by atoms with Crippen molar-refractivity contribution in [2.75, 3.05) is 46.7 Å². The molecule has 1 rings (SSSR count). The Morgan fingerprint density at radius 3 is 2.19 bits per heavy atom. The zero-order valence-electron chi connectivity index (χ0n) is 22.5. The van der Waals surface area contributed by atoms with Gasteiger partial charge in [-0.2, -0.15) is 0 Å². The summed E-state index contributed by atoms with van der Waals surface area (Å²) in [7, 11) is -1.41. The highest BCUT2D eigenvalue weighted by atomic mass is 28.4. The molecule has 0 aliphatic heterocycles. The monoisotopic (exact) mass is 543 g/mol. The molecule has 0 bridgehead atoms. The number of hydrogen-bond donors (Lipinski definition) is 1. The first-order valence-corrected chi connectivity index (χ1v) is 14.8. The van der Waals surface area contributed by atoms with Crippen molar-refractivity contribution in [2.45, 2.75) is 58.9 Å². The van der Waals surface area contributed by atoms with E-state index < -0.39 is 26.7 Å². The lowest BCUT2D eigenvalue weighted by Crippen LogP contribution is -2.46. The van der Waals surface area contributed by atoms with Crippen molar-refractivity contribution in [2.24, 2.45) is 0 Å². The normalized spacial score (nSPS) is 11.5. The topological polar surface area (TPSA) is 102 Å². The average molecular weight is 544 g/mol. The Bertz CT molecular complexity index is 807. The summed E-state index contributed by atoms with van der Waals surface area (Å²) in [4.78, 5) is 23.0. The van der Waals surface area contributed by atoms with Crippen LogP contribution in [0.4, 0.5) is 9.18 Å². The van der Waals surface area contributed by atoms with Crippen molar-refractivity contribution >= 4 is 26.9 Å². The van der Waals surface area contributed by atoms with Gasteiger partial charge in [-0.05, 0) is 76.6 Å². The third kappa shape index (κ3) is 14.2. The highest BCUT2D eigenvalue weighted by molar-refractivity contribution is 6.60. The number of benzene rings is 1. The van der Waals surface area contributed by atoms with Gasteiger partial charge in [0.15, 0.2) is 11.6 Å². The number of carbonyl (C=O) groups excluding carboxylic acids is 2. The molecule has 0 aliphatic carbocycles. The van der Waals surface area contributed by atoms with Crippen LogP contribution in [0.15, 0.2) is 24.3 Å². The van der Waals surface area contributed by atoms with Crippen LogP contribution in [-0.4, -0.2) is 67.6 Å². The molecule has 1 N–H and O–H groups in total. The molecule has 1 amide bonds. The van der Waals surface area contributed by atoms with Gasteiger partial charge in [0, 0.05) is 38.5 Å². The lowest BCUT2D eigenvalue weighted by atomic mass is 10.2. The highest BCUT2D eigenvalue weighted by Gasteiger charge is 2.39. The SMILES string of the molecule is CCO[Si](CCCNC(=O)OCCCCCCOc1ccc(/C=C/C(=O)OC)cc1F)(OCC)OCC. The fourth-order valence-corrected chi connectivity index (χ4v) is 6.03. The predicted molar refractivity (Wildman–Crippen MR) is 141 cm³/mol. The molecular formula is C26H42FNO8Si. The van der Waals surface area contributed by atoms with E-state index >= 15 is 0 Å². The van der Waals surface area contributed by atoms with Crippen molar-refractivity contribution in [3.63, 3.8) is 0 Å². The Balaban J connectivity index is 2.14. The maximum absolute atomic E-state index is 14.1. The van der Waals surface area contributed by atoms with Gasteiger partial charge in [-0.1, -0.05) is 6.07 Å². The molecular weight excluding hydrogens is 501 g/mol. The van der Waals surface area contributed by atoms with E-state index in [2.05, 4.69) is 10.1 Å². The molecule has 0 radical (unpaired) electrons. The van der Waals surface area contributed by atoms with E-state index in [9.17, 15) is 14.0 Å². The third-order valence-corrected chi connectivity index (χ3v) is 8.27. The molecule has 0 fully saturated rings. The molecule has 210 valence electrons. The summed E-state index contributed by atoms with van der Waals surface area (Å²) in [6.07, 6.45) is 6.14. The molecule has 0 saturated carbocycles. The first-order chi connectivity index (χ1) is 17.9. The minimum absolute atomic E-state index is 0.166. The minimum Gasteiger partial charge on any atom is -0.491 e. The number of rotatable bonds is 20. The van der Waals surface area contributed by atoms with Gasteiger partial charge in [-0.3, -0.25) is 0 Å². The number of unbranched alkanes of at least 4 members (excludes halogenated alkanes) is 3. The number of alkyl carbamates (subject to hydrolysis) is 1. The lowest BCUT2D eigenvalue weighted by Gasteiger charge is -2.28. The van der Waals surface area contributed by atoms with E-state index in [1.54, 1.807) is 6.07 Å². The Hall–Kier alpha value is -2.47. The zero-order valence-corrected chi connectivity index (χ0v) is 23.5. The second-order valence-corrected chi connectivity index (χ2v) is 10.7. The highest BCUT2D eigenvalue weighted by Crippen LogP contribution is 2.20. The van der Waals surface area contributed by atoms with Crippen LogP contribution in [0, 0.1) is 5.82 Å². The van der Waals surface area contributed by atoms with Crippen LogP contribution < -0.4 is 10.1 Å². The molecule has 0 atom stereocenters. The van der Waals surface area contributed by atoms with E-state index in [1.807, 2.05) is 20.8 Å². The smallest absolute Gasteiger partial charge is 0.491 e. The Morgan fingerprint density at radius 2 is 1.59 bits per heavy atom. The maximum atomic E-state index is 14.1. The first kappa shape index (κ1) is 32.6. The molecule has 37 heavy (non-hydrogen) atoms. The zero-order chi connectivity index (χ0) is 27.4. The van der Waals surface area contributed by atoms with Crippen LogP contribution >= 0.6 is 0 Å². The van der Waals surface area contributed by atoms with Gasteiger partial charge in [-0.25, -0.2) is 14.0 Å². The summed E-state index contributed by atoms with van der Waals surface area (Å²) in [6, 6.07) is 5.12. The number of carbonyl (C=O) groups is 2. The second kappa shape index (κ2) is 19.6. The van der Waals surface area contributed by atoms with Crippen molar-refractivity contribution < 1.29 is 41.5 Å². The fourth-order valence-electron chi connectivity index (χ4n) is 3.42. The molecule has 0 spiro atoms. The lowest BCUT2D eigenvalue weighted by molar-refractivity contribution is -0.134. The number of nitrogens with one attached hydrogen (secondary N) is 1. The largest absolute Gasteiger partial charge is 0.500 e. The molecule has 0 aromatic heterocycles. The average Bonchev–Trinajstić information content (AvgIpc) is 2.88. The summed E-state index contributed by atoms with van der Waals surface area (Å²) in [5, 5.41) is 2.75. The van der Waals surface area contributed by atoms with Crippen molar-refractivity contribution in [3.05, 3.63) is 35.7 Å². The van der Waals surface area contributed by atoms with Crippen LogP contribution in [0.2, 0.25) is 6.04 Å². The van der Waals surface area contributed by atoms with Gasteiger partial charge in [0.2, 0.25) is 0 Å². The number of esters is 1. The van der Waals surface area contributed by atoms with Crippen molar-refractivity contribution in [1.82, 2.24) is 5.32 Å². The molecule has 1 aromatic carbocycles. The van der Waals surface area contributed by atoms with Gasteiger partial charge in [-0.15, -0.1) is 0 Å². The number of halogens is 1. The molecule has 9 nitrogen and oxygen atoms in total. The standard InChI is InChI=1S/C26H42FNO8Si/c1-5-34-37(35-6-2,36-7-3)20-12-17-28-26(30)33-19-11-9-8-10-18-32-24-15-13-22(21-23(24)27)14-16-25(29)31-4/h13-16,21H,5-12,17-20H2,1-4H3,(H,28,30)/b16-14+. The van der Waals surface area contributed by atoms with E-state index in [1.165, 1.54) is 31.4 Å². The fraction of sp³-hybridized carbons (Fsp3) is 0.615. The minimum atomic E-state index is -2.69. The number of methoxy groups -OCH3 is 1. The first-order valence-electron chi connectivity index (χ1n) is 12.9. The van der Waals surface area contributed by atoms with Gasteiger partial charge in [0.1, 0.15) is 0 Å². The van der Waals surface area contributed by atoms with Gasteiger partial charge in [0.05, 0.1) is 20.3 Å². The van der Waals surface area contributed by atoms with E-state index in [0.29, 0.717) is 57.6 Å². The van der Waals surface area contributed by atoms with Crippen LogP contribution in [0.1, 0.15) is 58.4 Å². The van der Waals surface area contributed by atoms with E-state index in [4.69, 9.17) is 22.8 Å². The molecule has 0 unspecified atom stereocenters. The van der Waals surface area contributed by atoms with E-state index in [-0.39, 0.29) is 5.75 Å². The molecule has 1 aromatic rings. The Kier molecular flexibility index (Phi) is 17.3. The van der Waals surface area contributed by atoms with Gasteiger partial charge in [0.25, 0.3) is 0 Å². The maximum Gasteiger partial charge on any atom is 0.500 e. The molecule has 11 heteroatoms.